The predicted molar refractivity (Wildman–Crippen MR) is 82.6 cm³/mol. The Balaban J connectivity index is 2.61. The van der Waals surface area contributed by atoms with Gasteiger partial charge >= 0.3 is 0 Å². The number of rotatable bonds is 8. The van der Waals surface area contributed by atoms with Gasteiger partial charge in [-0.2, -0.15) is 5.10 Å². The molecule has 0 aliphatic heterocycles. The van der Waals surface area contributed by atoms with Gasteiger partial charge in [0, 0.05) is 30.6 Å². The summed E-state index contributed by atoms with van der Waals surface area (Å²) in [5.74, 6) is 0.840. The van der Waals surface area contributed by atoms with Crippen molar-refractivity contribution in [1.29, 1.82) is 0 Å². The topological polar surface area (TPSA) is 64.0 Å². The van der Waals surface area contributed by atoms with Crippen molar-refractivity contribution in [3.8, 4) is 0 Å². The zero-order valence-electron chi connectivity index (χ0n) is 13.2. The molecule has 0 atom stereocenters. The summed E-state index contributed by atoms with van der Waals surface area (Å²) in [6.45, 7) is 10.9. The van der Waals surface area contributed by atoms with Crippen LogP contribution in [0.3, 0.4) is 0 Å². The van der Waals surface area contributed by atoms with E-state index in [2.05, 4.69) is 24.3 Å². The molecule has 5 nitrogen and oxygen atoms in total. The minimum atomic E-state index is -2.89. The molecule has 0 saturated carbocycles. The number of sulfone groups is 1. The lowest BCUT2D eigenvalue weighted by Gasteiger charge is -2.08. The quantitative estimate of drug-likeness (QED) is 0.793. The number of aryl methyl sites for hydroxylation is 2. The molecule has 0 fully saturated rings. The fourth-order valence-corrected chi connectivity index (χ4v) is 2.82. The van der Waals surface area contributed by atoms with E-state index in [4.69, 9.17) is 0 Å². The monoisotopic (exact) mass is 301 g/mol. The Kier molecular flexibility index (Phi) is 6.20. The van der Waals surface area contributed by atoms with Crippen LogP contribution in [0.2, 0.25) is 0 Å². The molecule has 0 saturated heterocycles. The first-order valence-corrected chi connectivity index (χ1v) is 9.18. The third kappa shape index (κ3) is 5.63. The third-order valence-electron chi connectivity index (χ3n) is 3.27. The Morgan fingerprint density at radius 3 is 2.50 bits per heavy atom. The minimum absolute atomic E-state index is 0.215. The van der Waals surface area contributed by atoms with Gasteiger partial charge in [-0.1, -0.05) is 13.8 Å². The van der Waals surface area contributed by atoms with Crippen LogP contribution in [0.1, 0.15) is 37.2 Å². The zero-order valence-corrected chi connectivity index (χ0v) is 14.0. The van der Waals surface area contributed by atoms with Crippen LogP contribution in [0.25, 0.3) is 0 Å². The Hall–Kier alpha value is -0.880. The lowest BCUT2D eigenvalue weighted by Crippen LogP contribution is -2.19. The summed E-state index contributed by atoms with van der Waals surface area (Å²) in [5.41, 5.74) is 3.38. The summed E-state index contributed by atoms with van der Waals surface area (Å²) >= 11 is 0. The van der Waals surface area contributed by atoms with Crippen LogP contribution in [-0.4, -0.2) is 36.8 Å². The molecule has 0 amide bonds. The van der Waals surface area contributed by atoms with Crippen molar-refractivity contribution in [2.45, 2.75) is 47.2 Å². The van der Waals surface area contributed by atoms with Gasteiger partial charge in [-0.15, -0.1) is 0 Å². The first-order chi connectivity index (χ1) is 9.20. The number of aromatic nitrogens is 2. The van der Waals surface area contributed by atoms with Gasteiger partial charge in [-0.05, 0) is 32.7 Å². The SMILES string of the molecule is Cc1nn(CCCS(C)(=O)=O)c(C)c1CNCC(C)C. The van der Waals surface area contributed by atoms with Gasteiger partial charge in [0.15, 0.2) is 0 Å². The number of nitrogens with one attached hydrogen (secondary N) is 1. The van der Waals surface area contributed by atoms with E-state index in [1.54, 1.807) is 0 Å². The van der Waals surface area contributed by atoms with Crippen LogP contribution >= 0.6 is 0 Å². The van der Waals surface area contributed by atoms with Crippen molar-refractivity contribution in [2.24, 2.45) is 5.92 Å². The molecule has 0 aliphatic rings. The predicted octanol–water partition coefficient (Wildman–Crippen LogP) is 1.68. The van der Waals surface area contributed by atoms with E-state index in [9.17, 15) is 8.42 Å². The van der Waals surface area contributed by atoms with E-state index < -0.39 is 9.84 Å². The van der Waals surface area contributed by atoms with Crippen LogP contribution in [-0.2, 0) is 22.9 Å². The second kappa shape index (κ2) is 7.22. The number of nitrogens with zero attached hydrogens (tertiary/aromatic N) is 2. The van der Waals surface area contributed by atoms with Crippen LogP contribution in [0, 0.1) is 19.8 Å². The molecule has 1 rings (SSSR count). The maximum Gasteiger partial charge on any atom is 0.147 e. The zero-order chi connectivity index (χ0) is 15.3. The molecule has 6 heteroatoms. The van der Waals surface area contributed by atoms with Gasteiger partial charge in [0.2, 0.25) is 0 Å². The van der Waals surface area contributed by atoms with Gasteiger partial charge in [0.1, 0.15) is 9.84 Å². The van der Waals surface area contributed by atoms with E-state index in [0.717, 1.165) is 24.5 Å². The summed E-state index contributed by atoms with van der Waals surface area (Å²) in [6.07, 6.45) is 1.88. The normalized spacial score (nSPS) is 12.3. The molecule has 0 spiro atoms. The fourth-order valence-electron chi connectivity index (χ4n) is 2.17. The van der Waals surface area contributed by atoms with Crippen LogP contribution < -0.4 is 5.32 Å². The smallest absolute Gasteiger partial charge is 0.147 e. The Morgan fingerprint density at radius 1 is 1.30 bits per heavy atom. The molecule has 0 bridgehead atoms. The Labute approximate surface area is 122 Å². The first-order valence-electron chi connectivity index (χ1n) is 7.12. The summed E-state index contributed by atoms with van der Waals surface area (Å²) in [5, 5.41) is 7.94. The van der Waals surface area contributed by atoms with E-state index in [-0.39, 0.29) is 5.75 Å². The fraction of sp³-hybridized carbons (Fsp3) is 0.786. The van der Waals surface area contributed by atoms with Gasteiger partial charge in [-0.3, -0.25) is 4.68 Å². The average molecular weight is 301 g/mol. The van der Waals surface area contributed by atoms with Gasteiger partial charge < -0.3 is 5.32 Å². The van der Waals surface area contributed by atoms with Crippen molar-refractivity contribution >= 4 is 9.84 Å². The van der Waals surface area contributed by atoms with Gasteiger partial charge in [-0.25, -0.2) is 8.42 Å². The molecule has 20 heavy (non-hydrogen) atoms. The van der Waals surface area contributed by atoms with E-state index in [0.29, 0.717) is 18.9 Å². The summed E-state index contributed by atoms with van der Waals surface area (Å²) in [4.78, 5) is 0. The van der Waals surface area contributed by atoms with Crippen LogP contribution in [0.4, 0.5) is 0 Å². The van der Waals surface area contributed by atoms with E-state index in [1.807, 2.05) is 18.5 Å². The summed E-state index contributed by atoms with van der Waals surface area (Å²) in [7, 11) is -2.89. The summed E-state index contributed by atoms with van der Waals surface area (Å²) < 4.78 is 24.2. The molecule has 0 aliphatic carbocycles. The Bertz CT molecular complexity index is 533. The van der Waals surface area contributed by atoms with Gasteiger partial charge in [0.05, 0.1) is 11.4 Å². The van der Waals surface area contributed by atoms with E-state index >= 15 is 0 Å². The highest BCUT2D eigenvalue weighted by Crippen LogP contribution is 2.13. The van der Waals surface area contributed by atoms with E-state index in [1.165, 1.54) is 11.8 Å². The molecule has 1 aromatic rings. The molecule has 0 unspecified atom stereocenters. The highest BCUT2D eigenvalue weighted by atomic mass is 32.2. The van der Waals surface area contributed by atoms with Gasteiger partial charge in [0.25, 0.3) is 0 Å². The van der Waals surface area contributed by atoms with Crippen molar-refractivity contribution < 1.29 is 8.42 Å². The maximum atomic E-state index is 11.1. The lowest BCUT2D eigenvalue weighted by atomic mass is 10.2. The van der Waals surface area contributed by atoms with Crippen LogP contribution in [0.5, 0.6) is 0 Å². The standard InChI is InChI=1S/C14H27N3O2S/c1-11(2)9-15-10-14-12(3)16-17(13(14)4)7-6-8-20(5,18)19/h11,15H,6-10H2,1-5H3. The molecule has 0 aromatic carbocycles. The van der Waals surface area contributed by atoms with Crippen molar-refractivity contribution in [1.82, 2.24) is 15.1 Å². The number of hydrogen-bond donors (Lipinski definition) is 1. The minimum Gasteiger partial charge on any atom is -0.312 e. The largest absolute Gasteiger partial charge is 0.312 e. The van der Waals surface area contributed by atoms with Crippen molar-refractivity contribution in [3.05, 3.63) is 17.0 Å². The summed E-state index contributed by atoms with van der Waals surface area (Å²) in [6, 6.07) is 0. The van der Waals surface area contributed by atoms with Crippen molar-refractivity contribution in [2.75, 3.05) is 18.6 Å². The molecule has 1 N–H and O–H groups in total. The molecule has 1 aromatic heterocycles. The highest BCUT2D eigenvalue weighted by molar-refractivity contribution is 7.90. The molecular formula is C14H27N3O2S. The second-order valence-electron chi connectivity index (χ2n) is 5.88. The Morgan fingerprint density at radius 2 is 1.95 bits per heavy atom. The molecular weight excluding hydrogens is 274 g/mol. The highest BCUT2D eigenvalue weighted by Gasteiger charge is 2.11. The first kappa shape index (κ1) is 17.2. The van der Waals surface area contributed by atoms with Crippen molar-refractivity contribution in [3.63, 3.8) is 0 Å². The maximum absolute atomic E-state index is 11.1. The van der Waals surface area contributed by atoms with Crippen LogP contribution in [0.15, 0.2) is 0 Å². The molecule has 116 valence electrons. The average Bonchev–Trinajstić information content (AvgIpc) is 2.54. The second-order valence-corrected chi connectivity index (χ2v) is 8.14. The molecule has 1 heterocycles. The number of hydrogen-bond acceptors (Lipinski definition) is 4. The lowest BCUT2D eigenvalue weighted by molar-refractivity contribution is 0.548. The third-order valence-corrected chi connectivity index (χ3v) is 4.30. The molecule has 0 radical (unpaired) electrons.